The number of nitrogens with zero attached hydrogens (tertiary/aromatic N) is 3. The minimum absolute atomic E-state index is 0.0108. The molecule has 1 aromatic carbocycles. The summed E-state index contributed by atoms with van der Waals surface area (Å²) in [4.78, 5) is 33.3. The Labute approximate surface area is 208 Å². The average molecular weight is 535 g/mol. The highest BCUT2D eigenvalue weighted by molar-refractivity contribution is 9.11. The van der Waals surface area contributed by atoms with Crippen LogP contribution >= 0.6 is 15.9 Å². The highest BCUT2D eigenvalue weighted by atomic mass is 79.9. The summed E-state index contributed by atoms with van der Waals surface area (Å²) in [6, 6.07) is 4.75. The van der Waals surface area contributed by atoms with Crippen LogP contribution in [-0.4, -0.2) is 54.4 Å². The Hall–Kier alpha value is -2.42. The molecule has 34 heavy (non-hydrogen) atoms. The molecular formula is C25H32BrFN4O3. The largest absolute Gasteiger partial charge is 0.444 e. The van der Waals surface area contributed by atoms with Crippen LogP contribution in [0.3, 0.4) is 0 Å². The monoisotopic (exact) mass is 534 g/mol. The Morgan fingerprint density at radius 3 is 2.56 bits per heavy atom. The highest BCUT2D eigenvalue weighted by Gasteiger charge is 2.41. The van der Waals surface area contributed by atoms with Gasteiger partial charge in [-0.1, -0.05) is 6.07 Å². The minimum Gasteiger partial charge on any atom is -0.444 e. The Morgan fingerprint density at radius 2 is 1.91 bits per heavy atom. The molecule has 0 radical (unpaired) electrons. The molecule has 9 heteroatoms. The summed E-state index contributed by atoms with van der Waals surface area (Å²) in [5, 5.41) is 2.85. The van der Waals surface area contributed by atoms with Gasteiger partial charge in [-0.15, -0.1) is 0 Å². The molecule has 7 nitrogen and oxygen atoms in total. The third-order valence-corrected chi connectivity index (χ3v) is 7.16. The molecule has 1 spiro atoms. The lowest BCUT2D eigenvalue weighted by molar-refractivity contribution is -0.110. The van der Waals surface area contributed by atoms with Crippen molar-refractivity contribution in [2.24, 2.45) is 10.4 Å². The summed E-state index contributed by atoms with van der Waals surface area (Å²) in [6.07, 6.45) is 5.67. The van der Waals surface area contributed by atoms with Crippen molar-refractivity contribution in [3.05, 3.63) is 34.7 Å². The van der Waals surface area contributed by atoms with Crippen LogP contribution in [0.5, 0.6) is 0 Å². The average Bonchev–Trinajstić information content (AvgIpc) is 3.20. The lowest BCUT2D eigenvalue weighted by Crippen LogP contribution is -2.52. The smallest absolute Gasteiger partial charge is 0.410 e. The number of para-hydroxylation sites is 1. The summed E-state index contributed by atoms with van der Waals surface area (Å²) in [6.45, 7) is 8.31. The molecule has 0 aromatic heterocycles. The molecule has 0 bridgehead atoms. The van der Waals surface area contributed by atoms with E-state index in [2.05, 4.69) is 26.2 Å². The van der Waals surface area contributed by atoms with Crippen molar-refractivity contribution in [1.82, 2.24) is 4.90 Å². The van der Waals surface area contributed by atoms with E-state index in [1.165, 1.54) is 6.07 Å². The van der Waals surface area contributed by atoms with Gasteiger partial charge >= 0.3 is 6.09 Å². The fourth-order valence-corrected chi connectivity index (χ4v) is 5.36. The predicted molar refractivity (Wildman–Crippen MR) is 135 cm³/mol. The van der Waals surface area contributed by atoms with E-state index < -0.39 is 5.60 Å². The molecule has 1 aromatic rings. The van der Waals surface area contributed by atoms with E-state index in [0.717, 1.165) is 25.7 Å². The van der Waals surface area contributed by atoms with Crippen LogP contribution < -0.4 is 10.2 Å². The van der Waals surface area contributed by atoms with Gasteiger partial charge in [0.2, 0.25) is 0 Å². The van der Waals surface area contributed by atoms with Crippen LogP contribution in [0.15, 0.2) is 33.9 Å². The summed E-state index contributed by atoms with van der Waals surface area (Å²) >= 11 is 3.28. The van der Waals surface area contributed by atoms with Crippen LogP contribution in [0.4, 0.5) is 20.6 Å². The van der Waals surface area contributed by atoms with Crippen molar-refractivity contribution in [2.45, 2.75) is 58.5 Å². The Kier molecular flexibility index (Phi) is 7.03. The number of likely N-dealkylation sites (tertiary alicyclic amines) is 1. The number of nitrogens with one attached hydrogen (secondary N) is 1. The third-order valence-electron chi connectivity index (χ3n) is 6.66. The van der Waals surface area contributed by atoms with Crippen molar-refractivity contribution in [1.29, 1.82) is 0 Å². The van der Waals surface area contributed by atoms with Crippen molar-refractivity contribution in [2.75, 3.05) is 36.4 Å². The predicted octanol–water partition coefficient (Wildman–Crippen LogP) is 5.46. The first-order chi connectivity index (χ1) is 16.1. The Bertz CT molecular complexity index is 1030. The van der Waals surface area contributed by atoms with E-state index >= 15 is 0 Å². The first-order valence-corrected chi connectivity index (χ1v) is 12.6. The summed E-state index contributed by atoms with van der Waals surface area (Å²) in [5.41, 5.74) is 0.745. The summed E-state index contributed by atoms with van der Waals surface area (Å²) < 4.78 is 21.2. The molecule has 0 atom stereocenters. The number of amides is 2. The molecule has 0 unspecified atom stereocenters. The van der Waals surface area contributed by atoms with Gasteiger partial charge in [0.25, 0.3) is 5.91 Å². The number of carbonyl (C=O) groups excluding carboxylic acids is 2. The SMILES string of the molecule is CC(C)(C)OC(=O)N1CCCC2(CCN(c3c(F)cccc3NC(=O)C3=NC(Br)=CC3)CC2)C1. The number of benzene rings is 1. The minimum atomic E-state index is -0.521. The number of carbonyl (C=O) groups is 2. The topological polar surface area (TPSA) is 74.2 Å². The molecule has 3 aliphatic rings. The number of allylic oxidation sites excluding steroid dienone is 1. The van der Waals surface area contributed by atoms with Gasteiger partial charge in [0.05, 0.1) is 11.4 Å². The van der Waals surface area contributed by atoms with Crippen molar-refractivity contribution in [3.8, 4) is 0 Å². The number of hydrogen-bond donors (Lipinski definition) is 1. The lowest BCUT2D eigenvalue weighted by atomic mass is 9.72. The maximum absolute atomic E-state index is 15.0. The number of piperidine rings is 2. The first-order valence-electron chi connectivity index (χ1n) is 11.8. The van der Waals surface area contributed by atoms with Gasteiger partial charge in [-0.2, -0.15) is 0 Å². The van der Waals surface area contributed by atoms with Gasteiger partial charge in [0, 0.05) is 32.6 Å². The summed E-state index contributed by atoms with van der Waals surface area (Å²) in [5.74, 6) is -0.688. The number of hydrogen-bond acceptors (Lipinski definition) is 5. The van der Waals surface area contributed by atoms with Gasteiger partial charge in [-0.25, -0.2) is 14.2 Å². The molecule has 4 rings (SSSR count). The standard InChI is InChI=1S/C25H32BrFN4O3/c1-24(2,3)34-23(33)31-13-5-10-25(16-31)11-14-30(15-12-25)21-17(27)6-4-7-18(21)29-22(32)19-8-9-20(26)28-19/h4,6-7,9H,5,8,10-16H2,1-3H3,(H,29,32). The molecule has 2 amide bonds. The third kappa shape index (κ3) is 5.62. The number of ether oxygens (including phenoxy) is 1. The second-order valence-corrected chi connectivity index (χ2v) is 11.2. The molecule has 0 saturated carbocycles. The fraction of sp³-hybridized carbons (Fsp3) is 0.560. The second-order valence-electron chi connectivity index (χ2n) is 10.4. The van der Waals surface area contributed by atoms with E-state index in [0.29, 0.717) is 54.3 Å². The number of halogens is 2. The van der Waals surface area contributed by atoms with Crippen molar-refractivity contribution < 1.29 is 18.7 Å². The van der Waals surface area contributed by atoms with E-state index in [9.17, 15) is 14.0 Å². The molecular weight excluding hydrogens is 503 g/mol. The fourth-order valence-electron chi connectivity index (χ4n) is 4.98. The van der Waals surface area contributed by atoms with Gasteiger partial charge in [-0.3, -0.25) is 4.79 Å². The maximum Gasteiger partial charge on any atom is 0.410 e. The second kappa shape index (κ2) is 9.68. The van der Waals surface area contributed by atoms with E-state index in [-0.39, 0.29) is 23.2 Å². The molecule has 0 aliphatic carbocycles. The van der Waals surface area contributed by atoms with Gasteiger partial charge in [0.15, 0.2) is 0 Å². The van der Waals surface area contributed by atoms with E-state index in [1.807, 2.05) is 36.6 Å². The van der Waals surface area contributed by atoms with Crippen LogP contribution in [-0.2, 0) is 9.53 Å². The molecule has 3 heterocycles. The van der Waals surface area contributed by atoms with Crippen LogP contribution in [0, 0.1) is 11.2 Å². The van der Waals surface area contributed by atoms with Crippen LogP contribution in [0.2, 0.25) is 0 Å². The molecule has 184 valence electrons. The Balaban J connectivity index is 1.44. The zero-order chi connectivity index (χ0) is 24.5. The lowest BCUT2D eigenvalue weighted by Gasteiger charge is -2.48. The zero-order valence-corrected chi connectivity index (χ0v) is 21.6. The molecule has 2 saturated heterocycles. The normalized spacial score (nSPS) is 20.1. The zero-order valence-electron chi connectivity index (χ0n) is 20.0. The van der Waals surface area contributed by atoms with Crippen LogP contribution in [0.1, 0.15) is 52.9 Å². The van der Waals surface area contributed by atoms with Gasteiger partial charge < -0.3 is 19.9 Å². The van der Waals surface area contributed by atoms with E-state index in [4.69, 9.17) is 4.74 Å². The Morgan fingerprint density at radius 1 is 1.18 bits per heavy atom. The molecule has 2 fully saturated rings. The quantitative estimate of drug-likeness (QED) is 0.522. The first kappa shape index (κ1) is 24.7. The number of anilines is 2. The number of aliphatic imine (C=N–C) groups is 1. The number of rotatable bonds is 3. The van der Waals surface area contributed by atoms with Gasteiger partial charge in [-0.05, 0) is 86.0 Å². The highest BCUT2D eigenvalue weighted by Crippen LogP contribution is 2.42. The van der Waals surface area contributed by atoms with Gasteiger partial charge in [0.1, 0.15) is 21.7 Å². The van der Waals surface area contributed by atoms with E-state index in [1.54, 1.807) is 12.1 Å². The maximum atomic E-state index is 15.0. The molecule has 3 aliphatic heterocycles. The molecule has 1 N–H and O–H groups in total. The van der Waals surface area contributed by atoms with Crippen molar-refractivity contribution >= 4 is 45.0 Å². The van der Waals surface area contributed by atoms with Crippen LogP contribution in [0.25, 0.3) is 0 Å². The van der Waals surface area contributed by atoms with Crippen molar-refractivity contribution in [3.63, 3.8) is 0 Å². The summed E-state index contributed by atoms with van der Waals surface area (Å²) in [7, 11) is 0.